The summed E-state index contributed by atoms with van der Waals surface area (Å²) in [5.41, 5.74) is -1.31. The van der Waals surface area contributed by atoms with Gasteiger partial charge in [-0.25, -0.2) is 13.6 Å². The molecule has 0 aromatic heterocycles. The Morgan fingerprint density at radius 1 is 1.00 bits per heavy atom. The lowest BCUT2D eigenvalue weighted by molar-refractivity contribution is -0.387. The predicted molar refractivity (Wildman–Crippen MR) is 72.1 cm³/mol. The standard InChI is InChI=1S/C13H8F3N3O3/c14-7-1-3-9(15)11(5-7)18-13(20)17-8-2-4-10(16)12(6-8)19(21)22/h1-6H,(H2,17,18,20). The summed E-state index contributed by atoms with van der Waals surface area (Å²) in [6.45, 7) is 0. The van der Waals surface area contributed by atoms with Gasteiger partial charge >= 0.3 is 11.7 Å². The molecule has 2 aromatic rings. The van der Waals surface area contributed by atoms with Gasteiger partial charge in [0.1, 0.15) is 11.6 Å². The van der Waals surface area contributed by atoms with Crippen molar-refractivity contribution in [1.82, 2.24) is 0 Å². The fourth-order valence-corrected chi connectivity index (χ4v) is 1.61. The van der Waals surface area contributed by atoms with E-state index < -0.39 is 39.8 Å². The molecule has 0 unspecified atom stereocenters. The number of rotatable bonds is 3. The van der Waals surface area contributed by atoms with Crippen LogP contribution in [0.5, 0.6) is 0 Å². The first-order valence-corrected chi connectivity index (χ1v) is 5.84. The van der Waals surface area contributed by atoms with E-state index in [4.69, 9.17) is 0 Å². The van der Waals surface area contributed by atoms with E-state index in [1.165, 1.54) is 0 Å². The van der Waals surface area contributed by atoms with Gasteiger partial charge in [0.15, 0.2) is 0 Å². The molecule has 22 heavy (non-hydrogen) atoms. The van der Waals surface area contributed by atoms with Crippen LogP contribution in [0.3, 0.4) is 0 Å². The second kappa shape index (κ2) is 6.12. The number of hydrogen-bond acceptors (Lipinski definition) is 3. The maximum Gasteiger partial charge on any atom is 0.323 e. The van der Waals surface area contributed by atoms with Gasteiger partial charge in [0.2, 0.25) is 5.82 Å². The zero-order valence-electron chi connectivity index (χ0n) is 10.8. The summed E-state index contributed by atoms with van der Waals surface area (Å²) >= 11 is 0. The van der Waals surface area contributed by atoms with Crippen LogP contribution in [-0.2, 0) is 0 Å². The number of urea groups is 1. The lowest BCUT2D eigenvalue weighted by atomic mass is 10.2. The van der Waals surface area contributed by atoms with Crippen molar-refractivity contribution in [2.75, 3.05) is 10.6 Å². The van der Waals surface area contributed by atoms with Crippen LogP contribution in [0.25, 0.3) is 0 Å². The number of anilines is 2. The van der Waals surface area contributed by atoms with Gasteiger partial charge in [0, 0.05) is 17.8 Å². The summed E-state index contributed by atoms with van der Waals surface area (Å²) < 4.78 is 39.4. The number of nitrogens with zero attached hydrogens (tertiary/aromatic N) is 1. The van der Waals surface area contributed by atoms with E-state index in [0.29, 0.717) is 0 Å². The van der Waals surface area contributed by atoms with Gasteiger partial charge in [-0.15, -0.1) is 0 Å². The van der Waals surface area contributed by atoms with Crippen LogP contribution in [-0.4, -0.2) is 11.0 Å². The van der Waals surface area contributed by atoms with Crippen LogP contribution in [0.1, 0.15) is 0 Å². The number of nitrogens with one attached hydrogen (secondary N) is 2. The van der Waals surface area contributed by atoms with Gasteiger partial charge in [-0.2, -0.15) is 4.39 Å². The lowest BCUT2D eigenvalue weighted by Crippen LogP contribution is -2.20. The molecular weight excluding hydrogens is 303 g/mol. The minimum Gasteiger partial charge on any atom is -0.307 e. The molecule has 114 valence electrons. The molecular formula is C13H8F3N3O3. The van der Waals surface area contributed by atoms with Crippen LogP contribution in [0, 0.1) is 27.6 Å². The maximum atomic E-state index is 13.3. The first-order valence-electron chi connectivity index (χ1n) is 5.84. The van der Waals surface area contributed by atoms with Crippen molar-refractivity contribution in [3.8, 4) is 0 Å². The second-order valence-corrected chi connectivity index (χ2v) is 4.13. The molecule has 0 aliphatic rings. The number of amides is 2. The summed E-state index contributed by atoms with van der Waals surface area (Å²) in [6, 6.07) is 4.19. The van der Waals surface area contributed by atoms with Gasteiger partial charge in [-0.1, -0.05) is 0 Å². The van der Waals surface area contributed by atoms with E-state index in [-0.39, 0.29) is 5.69 Å². The molecule has 2 rings (SSSR count). The Hall–Kier alpha value is -3.10. The van der Waals surface area contributed by atoms with Crippen molar-refractivity contribution < 1.29 is 22.9 Å². The van der Waals surface area contributed by atoms with Crippen LogP contribution < -0.4 is 10.6 Å². The maximum absolute atomic E-state index is 13.3. The molecule has 2 amide bonds. The normalized spacial score (nSPS) is 10.1. The molecule has 0 saturated carbocycles. The first kappa shape index (κ1) is 15.3. The molecule has 0 atom stereocenters. The minimum absolute atomic E-state index is 0.0811. The van der Waals surface area contributed by atoms with Gasteiger partial charge in [-0.05, 0) is 24.3 Å². The van der Waals surface area contributed by atoms with Crippen molar-refractivity contribution in [1.29, 1.82) is 0 Å². The van der Waals surface area contributed by atoms with Crippen LogP contribution in [0.2, 0.25) is 0 Å². The molecule has 0 aliphatic heterocycles. The van der Waals surface area contributed by atoms with Crippen LogP contribution in [0.4, 0.5) is 35.0 Å². The van der Waals surface area contributed by atoms with Gasteiger partial charge in [0.05, 0.1) is 10.6 Å². The predicted octanol–water partition coefficient (Wildman–Crippen LogP) is 3.66. The zero-order valence-corrected chi connectivity index (χ0v) is 10.8. The summed E-state index contributed by atoms with van der Waals surface area (Å²) in [5, 5.41) is 14.8. The zero-order chi connectivity index (χ0) is 16.3. The molecule has 0 aliphatic carbocycles. The molecule has 0 bridgehead atoms. The second-order valence-electron chi connectivity index (χ2n) is 4.13. The molecule has 9 heteroatoms. The highest BCUT2D eigenvalue weighted by Gasteiger charge is 2.15. The van der Waals surface area contributed by atoms with Crippen molar-refractivity contribution in [3.05, 3.63) is 64.0 Å². The summed E-state index contributed by atoms with van der Waals surface area (Å²) in [5.74, 6) is -2.68. The van der Waals surface area contributed by atoms with Crippen molar-refractivity contribution in [3.63, 3.8) is 0 Å². The first-order chi connectivity index (χ1) is 10.4. The van der Waals surface area contributed by atoms with E-state index in [1.54, 1.807) is 0 Å². The number of nitro groups is 1. The minimum atomic E-state index is -1.06. The topological polar surface area (TPSA) is 84.3 Å². The van der Waals surface area contributed by atoms with E-state index >= 15 is 0 Å². The van der Waals surface area contributed by atoms with Gasteiger partial charge in [-0.3, -0.25) is 10.1 Å². The Bertz CT molecular complexity index is 753. The summed E-state index contributed by atoms with van der Waals surface area (Å²) in [7, 11) is 0. The van der Waals surface area contributed by atoms with Gasteiger partial charge < -0.3 is 10.6 Å². The Kier molecular flexibility index (Phi) is 4.25. The van der Waals surface area contributed by atoms with Gasteiger partial charge in [0.25, 0.3) is 0 Å². The fourth-order valence-electron chi connectivity index (χ4n) is 1.61. The molecule has 0 heterocycles. The number of halogens is 3. The van der Waals surface area contributed by atoms with Crippen molar-refractivity contribution in [2.24, 2.45) is 0 Å². The number of benzene rings is 2. The lowest BCUT2D eigenvalue weighted by Gasteiger charge is -2.08. The molecule has 6 nitrogen and oxygen atoms in total. The third-order valence-corrected chi connectivity index (χ3v) is 2.58. The van der Waals surface area contributed by atoms with E-state index in [1.807, 2.05) is 5.32 Å². The Balaban J connectivity index is 2.14. The fraction of sp³-hybridized carbons (Fsp3) is 0. The highest BCUT2D eigenvalue weighted by atomic mass is 19.1. The van der Waals surface area contributed by atoms with E-state index in [2.05, 4.69) is 5.32 Å². The molecule has 0 spiro atoms. The Labute approximate surface area is 121 Å². The summed E-state index contributed by atoms with van der Waals surface area (Å²) in [4.78, 5) is 21.3. The van der Waals surface area contributed by atoms with Crippen LogP contribution in [0.15, 0.2) is 36.4 Å². The quantitative estimate of drug-likeness (QED) is 0.670. The van der Waals surface area contributed by atoms with Crippen LogP contribution >= 0.6 is 0 Å². The monoisotopic (exact) mass is 311 g/mol. The molecule has 0 radical (unpaired) electrons. The molecule has 0 fully saturated rings. The van der Waals surface area contributed by atoms with Crippen molar-refractivity contribution >= 4 is 23.1 Å². The summed E-state index contributed by atoms with van der Waals surface area (Å²) in [6.07, 6.45) is 0. The average Bonchev–Trinajstić information content (AvgIpc) is 2.44. The third kappa shape index (κ3) is 3.51. The van der Waals surface area contributed by atoms with Crippen molar-refractivity contribution in [2.45, 2.75) is 0 Å². The molecule has 0 saturated heterocycles. The Morgan fingerprint density at radius 3 is 2.36 bits per heavy atom. The third-order valence-electron chi connectivity index (χ3n) is 2.58. The number of carbonyl (C=O) groups excluding carboxylic acids is 1. The SMILES string of the molecule is O=C(Nc1ccc(F)c([N+](=O)[O-])c1)Nc1cc(F)ccc1F. The highest BCUT2D eigenvalue weighted by molar-refractivity contribution is 6.00. The number of nitro benzene ring substituents is 1. The van der Waals surface area contributed by atoms with E-state index in [0.717, 1.165) is 36.4 Å². The molecule has 2 N–H and O–H groups in total. The largest absolute Gasteiger partial charge is 0.323 e. The Morgan fingerprint density at radius 2 is 1.68 bits per heavy atom. The van der Waals surface area contributed by atoms with E-state index in [9.17, 15) is 28.1 Å². The average molecular weight is 311 g/mol. The smallest absolute Gasteiger partial charge is 0.307 e. The highest BCUT2D eigenvalue weighted by Crippen LogP contribution is 2.22. The molecule has 2 aromatic carbocycles. The number of carbonyl (C=O) groups is 1. The number of hydrogen-bond donors (Lipinski definition) is 2.